The first kappa shape index (κ1) is 16.6. The molecule has 132 valence electrons. The van der Waals surface area contributed by atoms with E-state index in [0.29, 0.717) is 11.4 Å². The molecule has 10 nitrogen and oxygen atoms in total. The highest BCUT2D eigenvalue weighted by Crippen LogP contribution is 2.43. The number of urea groups is 1. The van der Waals surface area contributed by atoms with Crippen LogP contribution in [-0.4, -0.2) is 42.8 Å². The lowest BCUT2D eigenvalue weighted by atomic mass is 9.93. The molecule has 1 atom stereocenters. The summed E-state index contributed by atoms with van der Waals surface area (Å²) in [6.45, 7) is 1.51. The Kier molecular flexibility index (Phi) is 3.95. The van der Waals surface area contributed by atoms with Gasteiger partial charge in [-0.25, -0.2) is 9.59 Å². The summed E-state index contributed by atoms with van der Waals surface area (Å²) >= 11 is 0. The number of amides is 2. The van der Waals surface area contributed by atoms with Gasteiger partial charge in [-0.1, -0.05) is 0 Å². The molecular formula is C15H15N3O7. The fourth-order valence-electron chi connectivity index (χ4n) is 2.78. The van der Waals surface area contributed by atoms with Gasteiger partial charge in [0, 0.05) is 12.7 Å². The number of ether oxygens (including phenoxy) is 3. The number of nitrogens with zero attached hydrogens (tertiary/aromatic N) is 2. The van der Waals surface area contributed by atoms with Crippen molar-refractivity contribution in [3.05, 3.63) is 39.1 Å². The van der Waals surface area contributed by atoms with Gasteiger partial charge < -0.3 is 24.4 Å². The van der Waals surface area contributed by atoms with Crippen molar-refractivity contribution in [2.24, 2.45) is 0 Å². The van der Waals surface area contributed by atoms with Gasteiger partial charge in [-0.2, -0.15) is 0 Å². The van der Waals surface area contributed by atoms with Crippen LogP contribution in [0.1, 0.15) is 18.5 Å². The molecule has 0 fully saturated rings. The van der Waals surface area contributed by atoms with E-state index >= 15 is 0 Å². The van der Waals surface area contributed by atoms with Crippen LogP contribution in [0.25, 0.3) is 0 Å². The Bertz CT molecular complexity index is 818. The van der Waals surface area contributed by atoms with E-state index in [-0.39, 0.29) is 29.4 Å². The summed E-state index contributed by atoms with van der Waals surface area (Å²) in [6, 6.07) is 1.06. The number of carbonyl (C=O) groups excluding carboxylic acids is 2. The average Bonchev–Trinajstić information content (AvgIpc) is 3.05. The number of rotatable bonds is 3. The number of methoxy groups -OCH3 is 1. The number of fused-ring (bicyclic) bond motifs is 1. The van der Waals surface area contributed by atoms with Crippen LogP contribution in [-0.2, 0) is 9.53 Å². The molecule has 0 aromatic heterocycles. The molecule has 0 aliphatic carbocycles. The maximum atomic E-state index is 12.2. The summed E-state index contributed by atoms with van der Waals surface area (Å²) in [5.41, 5.74) is 0.253. The molecule has 10 heteroatoms. The van der Waals surface area contributed by atoms with Gasteiger partial charge in [0.05, 0.1) is 35.3 Å². The second-order valence-electron chi connectivity index (χ2n) is 5.45. The van der Waals surface area contributed by atoms with Crippen LogP contribution in [0, 0.1) is 10.1 Å². The molecule has 2 heterocycles. The van der Waals surface area contributed by atoms with Gasteiger partial charge >= 0.3 is 12.0 Å². The number of benzene rings is 1. The summed E-state index contributed by atoms with van der Waals surface area (Å²) in [5.74, 6) is -0.160. The summed E-state index contributed by atoms with van der Waals surface area (Å²) in [7, 11) is 2.68. The van der Waals surface area contributed by atoms with Crippen LogP contribution >= 0.6 is 0 Å². The summed E-state index contributed by atoms with van der Waals surface area (Å²) in [6.07, 6.45) is 0. The van der Waals surface area contributed by atoms with Crippen molar-refractivity contribution in [2.75, 3.05) is 21.0 Å². The Labute approximate surface area is 142 Å². The van der Waals surface area contributed by atoms with Crippen molar-refractivity contribution in [1.82, 2.24) is 10.2 Å². The molecule has 0 unspecified atom stereocenters. The molecule has 0 bridgehead atoms. The number of carbonyl (C=O) groups is 2. The Balaban J connectivity index is 2.21. The standard InChI is InChI=1S/C15H15N3O7/c1-7-12(14(19)23-3)13(16-15(20)17(7)2)8-4-10-11(25-6-24-10)5-9(8)18(21)22/h4-5,13H,6H2,1-3H3,(H,16,20)/t13-/m1/s1. The quantitative estimate of drug-likeness (QED) is 0.498. The van der Waals surface area contributed by atoms with Crippen molar-refractivity contribution < 1.29 is 28.7 Å². The molecule has 1 aromatic carbocycles. The molecule has 2 aliphatic rings. The minimum atomic E-state index is -1.05. The third kappa shape index (κ3) is 2.61. The highest BCUT2D eigenvalue weighted by Gasteiger charge is 2.39. The highest BCUT2D eigenvalue weighted by atomic mass is 16.7. The monoisotopic (exact) mass is 349 g/mol. The van der Waals surface area contributed by atoms with E-state index in [0.717, 1.165) is 0 Å². The van der Waals surface area contributed by atoms with E-state index in [1.807, 2.05) is 0 Å². The van der Waals surface area contributed by atoms with Crippen LogP contribution in [0.5, 0.6) is 11.5 Å². The van der Waals surface area contributed by atoms with Gasteiger partial charge in [-0.15, -0.1) is 0 Å². The van der Waals surface area contributed by atoms with Crippen molar-refractivity contribution in [3.8, 4) is 11.5 Å². The molecule has 3 rings (SSSR count). The fourth-order valence-corrected chi connectivity index (χ4v) is 2.78. The van der Waals surface area contributed by atoms with E-state index < -0.39 is 23.0 Å². The summed E-state index contributed by atoms with van der Waals surface area (Å²) in [4.78, 5) is 36.5. The average molecular weight is 349 g/mol. The number of nitro benzene ring substituents is 1. The van der Waals surface area contributed by atoms with E-state index in [4.69, 9.17) is 14.2 Å². The van der Waals surface area contributed by atoms with Gasteiger partial charge in [-0.05, 0) is 13.0 Å². The molecule has 0 radical (unpaired) electrons. The molecule has 0 saturated carbocycles. The third-order valence-electron chi connectivity index (χ3n) is 4.19. The van der Waals surface area contributed by atoms with E-state index in [9.17, 15) is 19.7 Å². The predicted molar refractivity (Wildman–Crippen MR) is 83.0 cm³/mol. The van der Waals surface area contributed by atoms with Crippen LogP contribution in [0.2, 0.25) is 0 Å². The van der Waals surface area contributed by atoms with E-state index in [1.54, 1.807) is 6.92 Å². The first-order chi connectivity index (χ1) is 11.8. The Hall–Kier alpha value is -3.30. The van der Waals surface area contributed by atoms with Crippen LogP contribution in [0.15, 0.2) is 23.4 Å². The maximum Gasteiger partial charge on any atom is 0.337 e. The van der Waals surface area contributed by atoms with Gasteiger partial charge in [0.1, 0.15) is 0 Å². The maximum absolute atomic E-state index is 12.2. The molecule has 1 aromatic rings. The number of hydrogen-bond donors (Lipinski definition) is 1. The van der Waals surface area contributed by atoms with Crippen molar-refractivity contribution in [3.63, 3.8) is 0 Å². The summed E-state index contributed by atoms with van der Waals surface area (Å²) in [5, 5.41) is 14.1. The first-order valence-corrected chi connectivity index (χ1v) is 7.26. The van der Waals surface area contributed by atoms with Crippen molar-refractivity contribution in [1.29, 1.82) is 0 Å². The largest absolute Gasteiger partial charge is 0.466 e. The molecule has 1 N–H and O–H groups in total. The zero-order valence-corrected chi connectivity index (χ0v) is 13.7. The van der Waals surface area contributed by atoms with Crippen molar-refractivity contribution >= 4 is 17.7 Å². The van der Waals surface area contributed by atoms with Gasteiger partial charge in [0.15, 0.2) is 11.5 Å². The molecule has 0 saturated heterocycles. The Morgan fingerprint density at radius 2 is 2.04 bits per heavy atom. The number of hydrogen-bond acceptors (Lipinski definition) is 7. The highest BCUT2D eigenvalue weighted by molar-refractivity contribution is 5.95. The molecular weight excluding hydrogens is 334 g/mol. The smallest absolute Gasteiger partial charge is 0.337 e. The second-order valence-corrected chi connectivity index (χ2v) is 5.45. The topological polar surface area (TPSA) is 120 Å². The number of nitrogens with one attached hydrogen (secondary N) is 1. The summed E-state index contributed by atoms with van der Waals surface area (Å²) < 4.78 is 15.2. The zero-order valence-electron chi connectivity index (χ0n) is 13.7. The lowest BCUT2D eigenvalue weighted by Gasteiger charge is -2.32. The van der Waals surface area contributed by atoms with Crippen LogP contribution < -0.4 is 14.8 Å². The SMILES string of the molecule is COC(=O)C1=C(C)N(C)C(=O)N[C@@H]1c1cc2c(cc1[N+](=O)[O-])OCO2. The number of esters is 1. The molecule has 25 heavy (non-hydrogen) atoms. The first-order valence-electron chi connectivity index (χ1n) is 7.26. The lowest BCUT2D eigenvalue weighted by Crippen LogP contribution is -2.46. The third-order valence-corrected chi connectivity index (χ3v) is 4.19. The van der Waals surface area contributed by atoms with Crippen molar-refractivity contribution in [2.45, 2.75) is 13.0 Å². The Morgan fingerprint density at radius 3 is 2.64 bits per heavy atom. The molecule has 2 aliphatic heterocycles. The second kappa shape index (κ2) is 5.96. The number of allylic oxidation sites excluding steroid dienone is 1. The van der Waals surface area contributed by atoms with Gasteiger partial charge in [0.2, 0.25) is 6.79 Å². The molecule has 0 spiro atoms. The number of nitro groups is 1. The van der Waals surface area contributed by atoms with Crippen LogP contribution in [0.3, 0.4) is 0 Å². The minimum Gasteiger partial charge on any atom is -0.466 e. The van der Waals surface area contributed by atoms with Crippen LogP contribution in [0.4, 0.5) is 10.5 Å². The van der Waals surface area contributed by atoms with E-state index in [1.165, 1.54) is 31.2 Å². The lowest BCUT2D eigenvalue weighted by molar-refractivity contribution is -0.385. The van der Waals surface area contributed by atoms with Gasteiger partial charge in [0.25, 0.3) is 5.69 Å². The van der Waals surface area contributed by atoms with Gasteiger partial charge in [-0.3, -0.25) is 10.1 Å². The fraction of sp³-hybridized carbons (Fsp3) is 0.333. The Morgan fingerprint density at radius 1 is 1.40 bits per heavy atom. The predicted octanol–water partition coefficient (Wildman–Crippen LogP) is 1.47. The van der Waals surface area contributed by atoms with E-state index in [2.05, 4.69) is 5.32 Å². The molecule has 2 amide bonds. The minimum absolute atomic E-state index is 0.0611. The normalized spacial score (nSPS) is 18.9. The zero-order chi connectivity index (χ0) is 18.3.